The summed E-state index contributed by atoms with van der Waals surface area (Å²) in [4.78, 5) is 16.6. The number of phenols is 1. The van der Waals surface area contributed by atoms with Gasteiger partial charge in [-0.1, -0.05) is 11.6 Å². The molecule has 170 valence electrons. The molecule has 32 heavy (non-hydrogen) atoms. The summed E-state index contributed by atoms with van der Waals surface area (Å²) in [5, 5.41) is 24.2. The highest BCUT2D eigenvalue weighted by atomic mass is 35.5. The number of phenolic OH excluding ortho intramolecular Hbond substituents is 1. The Morgan fingerprint density at radius 2 is 1.97 bits per heavy atom. The molecule has 2 aromatic carbocycles. The van der Waals surface area contributed by atoms with Gasteiger partial charge >= 0.3 is 0 Å². The van der Waals surface area contributed by atoms with Crippen LogP contribution >= 0.6 is 11.6 Å². The van der Waals surface area contributed by atoms with E-state index in [0.29, 0.717) is 24.3 Å². The normalized spacial score (nSPS) is 24.4. The third-order valence-electron chi connectivity index (χ3n) is 7.09. The molecule has 1 spiro atoms. The molecule has 0 aliphatic carbocycles. The molecule has 3 heterocycles. The summed E-state index contributed by atoms with van der Waals surface area (Å²) in [5.41, 5.74) is 2.12. The van der Waals surface area contributed by atoms with Crippen molar-refractivity contribution in [3.05, 3.63) is 52.5 Å². The zero-order valence-corrected chi connectivity index (χ0v) is 18.8. The second-order valence-electron chi connectivity index (χ2n) is 9.07. The highest BCUT2D eigenvalue weighted by Crippen LogP contribution is 2.42. The van der Waals surface area contributed by atoms with Gasteiger partial charge in [0.15, 0.2) is 0 Å². The zero-order chi connectivity index (χ0) is 22.5. The number of fused-ring (bicyclic) bond motifs is 1. The summed E-state index contributed by atoms with van der Waals surface area (Å²) in [7, 11) is 1.58. The Labute approximate surface area is 192 Å². The van der Waals surface area contributed by atoms with Crippen molar-refractivity contribution in [2.45, 2.75) is 37.0 Å². The number of hydrogen-bond acceptors (Lipinski definition) is 6. The van der Waals surface area contributed by atoms with Crippen molar-refractivity contribution >= 4 is 23.2 Å². The number of anilines is 1. The number of halogens is 1. The lowest BCUT2D eigenvalue weighted by molar-refractivity contribution is -0.0107. The maximum atomic E-state index is 12.3. The van der Waals surface area contributed by atoms with Gasteiger partial charge in [0, 0.05) is 63.6 Å². The van der Waals surface area contributed by atoms with E-state index in [1.807, 2.05) is 23.1 Å². The van der Waals surface area contributed by atoms with Gasteiger partial charge in [0.05, 0.1) is 23.4 Å². The number of benzene rings is 2. The molecule has 0 saturated carbocycles. The van der Waals surface area contributed by atoms with Crippen LogP contribution in [-0.4, -0.2) is 72.0 Å². The summed E-state index contributed by atoms with van der Waals surface area (Å²) in [6.45, 7) is 2.68. The molecule has 0 aromatic heterocycles. The van der Waals surface area contributed by atoms with E-state index in [1.165, 1.54) is 11.6 Å². The molecule has 1 amide bonds. The summed E-state index contributed by atoms with van der Waals surface area (Å²) in [6.07, 6.45) is 2.11. The van der Waals surface area contributed by atoms with Crippen LogP contribution in [0.1, 0.15) is 28.8 Å². The monoisotopic (exact) mass is 457 g/mol. The van der Waals surface area contributed by atoms with Gasteiger partial charge in [0.25, 0.3) is 5.91 Å². The Bertz CT molecular complexity index is 1040. The van der Waals surface area contributed by atoms with Crippen molar-refractivity contribution in [1.29, 1.82) is 0 Å². The first-order valence-electron chi connectivity index (χ1n) is 11.1. The molecule has 2 aromatic rings. The van der Waals surface area contributed by atoms with Gasteiger partial charge in [-0.25, -0.2) is 0 Å². The van der Waals surface area contributed by atoms with E-state index in [-0.39, 0.29) is 23.3 Å². The topological polar surface area (TPSA) is 85.3 Å². The number of nitrogens with one attached hydrogen (secondary N) is 1. The van der Waals surface area contributed by atoms with Crippen LogP contribution in [-0.2, 0) is 6.42 Å². The minimum atomic E-state index is -0.538. The van der Waals surface area contributed by atoms with Gasteiger partial charge in [-0.2, -0.15) is 0 Å². The van der Waals surface area contributed by atoms with Crippen molar-refractivity contribution in [2.75, 3.05) is 38.1 Å². The minimum Gasteiger partial charge on any atom is -0.508 e. The Morgan fingerprint density at radius 3 is 2.72 bits per heavy atom. The van der Waals surface area contributed by atoms with E-state index in [9.17, 15) is 15.0 Å². The van der Waals surface area contributed by atoms with Gasteiger partial charge < -0.3 is 25.2 Å². The van der Waals surface area contributed by atoms with Gasteiger partial charge in [0.2, 0.25) is 0 Å². The number of piperidine rings is 1. The molecule has 0 radical (unpaired) electrons. The van der Waals surface area contributed by atoms with Crippen molar-refractivity contribution < 1.29 is 19.7 Å². The number of likely N-dealkylation sites (tertiary alicyclic amines) is 1. The second kappa shape index (κ2) is 8.14. The molecular weight excluding hydrogens is 430 g/mol. The first-order valence-corrected chi connectivity index (χ1v) is 11.4. The van der Waals surface area contributed by atoms with E-state index < -0.39 is 6.10 Å². The fraction of sp³-hybridized carbons (Fsp3) is 0.458. The molecule has 3 N–H and O–H groups in total. The number of aromatic hydroxyl groups is 1. The van der Waals surface area contributed by atoms with Crippen LogP contribution in [0.2, 0.25) is 5.02 Å². The van der Waals surface area contributed by atoms with Crippen LogP contribution in [0.3, 0.4) is 0 Å². The van der Waals surface area contributed by atoms with Crippen LogP contribution in [0.4, 0.5) is 5.69 Å². The molecule has 7 nitrogen and oxygen atoms in total. The fourth-order valence-corrected chi connectivity index (χ4v) is 5.57. The number of rotatable bonds is 3. The Kier molecular flexibility index (Phi) is 5.43. The molecule has 2 unspecified atom stereocenters. The largest absolute Gasteiger partial charge is 0.508 e. The van der Waals surface area contributed by atoms with Crippen LogP contribution in [0.5, 0.6) is 11.5 Å². The smallest absolute Gasteiger partial charge is 0.253 e. The molecule has 2 saturated heterocycles. The number of aliphatic hydroxyl groups is 1. The Hall–Kier alpha value is -2.48. The van der Waals surface area contributed by atoms with E-state index in [2.05, 4.69) is 10.2 Å². The summed E-state index contributed by atoms with van der Waals surface area (Å²) >= 11 is 6.15. The van der Waals surface area contributed by atoms with Crippen LogP contribution in [0.15, 0.2) is 36.4 Å². The van der Waals surface area contributed by atoms with E-state index in [4.69, 9.17) is 16.3 Å². The SMILES string of the molecule is CNC(=O)c1ccc(O)cc1N1CC(O)C(N2CCC3(CC2)Cc2cc(Cl)ccc2O3)C1. The van der Waals surface area contributed by atoms with E-state index in [0.717, 1.165) is 43.1 Å². The van der Waals surface area contributed by atoms with Gasteiger partial charge in [0.1, 0.15) is 17.1 Å². The van der Waals surface area contributed by atoms with Crippen LogP contribution in [0, 0.1) is 0 Å². The minimum absolute atomic E-state index is 0.0366. The average molecular weight is 458 g/mol. The van der Waals surface area contributed by atoms with Crippen LogP contribution < -0.4 is 15.0 Å². The molecule has 0 bridgehead atoms. The maximum absolute atomic E-state index is 12.3. The number of amides is 1. The molecule has 2 atom stereocenters. The van der Waals surface area contributed by atoms with Crippen molar-refractivity contribution in [1.82, 2.24) is 10.2 Å². The zero-order valence-electron chi connectivity index (χ0n) is 18.1. The van der Waals surface area contributed by atoms with Gasteiger partial charge in [-0.3, -0.25) is 9.69 Å². The number of ether oxygens (including phenoxy) is 1. The predicted octanol–water partition coefficient (Wildman–Crippen LogP) is 2.42. The number of nitrogens with zero attached hydrogens (tertiary/aromatic N) is 2. The standard InChI is InChI=1S/C24H28ClN3O4/c1-26-23(31)18-4-3-17(29)11-19(18)28-13-20(21(30)14-28)27-8-6-24(7-9-27)12-15-10-16(25)2-5-22(15)32-24/h2-5,10-11,20-21,29-30H,6-9,12-14H2,1H3,(H,26,31). The molecule has 5 rings (SSSR count). The Balaban J connectivity index is 1.27. The second-order valence-corrected chi connectivity index (χ2v) is 9.51. The summed E-state index contributed by atoms with van der Waals surface area (Å²) in [6, 6.07) is 10.5. The number of carbonyl (C=O) groups is 1. The summed E-state index contributed by atoms with van der Waals surface area (Å²) < 4.78 is 6.36. The van der Waals surface area contributed by atoms with E-state index in [1.54, 1.807) is 19.2 Å². The lowest BCUT2D eigenvalue weighted by atomic mass is 9.86. The Morgan fingerprint density at radius 1 is 1.19 bits per heavy atom. The lowest BCUT2D eigenvalue weighted by Gasteiger charge is -2.41. The molecule has 3 aliphatic rings. The molecule has 2 fully saturated rings. The van der Waals surface area contributed by atoms with E-state index >= 15 is 0 Å². The summed E-state index contributed by atoms with van der Waals surface area (Å²) in [5.74, 6) is 0.819. The molecule has 8 heteroatoms. The third-order valence-corrected chi connectivity index (χ3v) is 7.33. The fourth-order valence-electron chi connectivity index (χ4n) is 5.38. The van der Waals surface area contributed by atoms with Crippen molar-refractivity contribution in [3.8, 4) is 11.5 Å². The predicted molar refractivity (Wildman–Crippen MR) is 123 cm³/mol. The molecule has 3 aliphatic heterocycles. The highest BCUT2D eigenvalue weighted by molar-refractivity contribution is 6.30. The first kappa shape index (κ1) is 21.4. The van der Waals surface area contributed by atoms with Crippen LogP contribution in [0.25, 0.3) is 0 Å². The highest BCUT2D eigenvalue weighted by Gasteiger charge is 2.45. The third kappa shape index (κ3) is 3.78. The van der Waals surface area contributed by atoms with Gasteiger partial charge in [-0.15, -0.1) is 0 Å². The number of aliphatic hydroxyl groups excluding tert-OH is 1. The molecular formula is C24H28ClN3O4. The lowest BCUT2D eigenvalue weighted by Crippen LogP contribution is -2.53. The quantitative estimate of drug-likeness (QED) is 0.656. The van der Waals surface area contributed by atoms with Crippen molar-refractivity contribution in [3.63, 3.8) is 0 Å². The average Bonchev–Trinajstić information content (AvgIpc) is 3.33. The number of hydrogen-bond donors (Lipinski definition) is 3. The maximum Gasteiger partial charge on any atom is 0.253 e. The first-order chi connectivity index (χ1) is 15.4. The number of β-amino-alcohol motifs (C(OH)–C–C–N with tert-alkyl or cyclic N) is 1. The van der Waals surface area contributed by atoms with Crippen molar-refractivity contribution in [2.24, 2.45) is 0 Å². The number of carbonyl (C=O) groups excluding carboxylic acids is 1. The van der Waals surface area contributed by atoms with Gasteiger partial charge in [-0.05, 0) is 35.9 Å².